The van der Waals surface area contributed by atoms with Crippen molar-refractivity contribution in [2.24, 2.45) is 5.92 Å². The van der Waals surface area contributed by atoms with Crippen LogP contribution in [0.25, 0.3) is 0 Å². The Bertz CT molecular complexity index is 553. The number of nitrogens with zero attached hydrogens (tertiary/aromatic N) is 1. The number of carbonyl (C=O) groups is 1. The van der Waals surface area contributed by atoms with Gasteiger partial charge in [0.25, 0.3) is 0 Å². The van der Waals surface area contributed by atoms with Crippen LogP contribution in [0, 0.1) is 18.7 Å². The van der Waals surface area contributed by atoms with Gasteiger partial charge in [0, 0.05) is 32.3 Å². The summed E-state index contributed by atoms with van der Waals surface area (Å²) in [5.41, 5.74) is 1.63. The first-order valence-corrected chi connectivity index (χ1v) is 8.66. The Labute approximate surface area is 143 Å². The van der Waals surface area contributed by atoms with Crippen LogP contribution < -0.4 is 15.5 Å². The van der Waals surface area contributed by atoms with Crippen molar-refractivity contribution in [1.29, 1.82) is 0 Å². The van der Waals surface area contributed by atoms with Crippen LogP contribution in [-0.4, -0.2) is 43.4 Å². The van der Waals surface area contributed by atoms with Gasteiger partial charge >= 0.3 is 6.03 Å². The lowest BCUT2D eigenvalue weighted by atomic mass is 10.0. The summed E-state index contributed by atoms with van der Waals surface area (Å²) in [7, 11) is 0. The van der Waals surface area contributed by atoms with Crippen molar-refractivity contribution in [1.82, 2.24) is 10.6 Å². The number of hydrogen-bond donors (Lipinski definition) is 3. The number of halogens is 1. The van der Waals surface area contributed by atoms with Gasteiger partial charge in [0.1, 0.15) is 5.82 Å². The topological polar surface area (TPSA) is 64.6 Å². The quantitative estimate of drug-likeness (QED) is 0.747. The van der Waals surface area contributed by atoms with Gasteiger partial charge in [-0.15, -0.1) is 0 Å². The standard InChI is InChI=1S/C18H28FN3O2/c1-13-5-6-16(19)17(10-13)22-8-3-4-15(12-22)21-18(24)20-11-14(2)7-9-23/h5-6,10,14-15,23H,3-4,7-9,11-12H2,1-2H3,(H2,20,21,24). The van der Waals surface area contributed by atoms with Crippen LogP contribution in [0.2, 0.25) is 0 Å². The highest BCUT2D eigenvalue weighted by Gasteiger charge is 2.23. The average molecular weight is 337 g/mol. The largest absolute Gasteiger partial charge is 0.396 e. The maximum Gasteiger partial charge on any atom is 0.315 e. The fraction of sp³-hybridized carbons (Fsp3) is 0.611. The molecule has 5 nitrogen and oxygen atoms in total. The number of urea groups is 1. The highest BCUT2D eigenvalue weighted by molar-refractivity contribution is 5.74. The van der Waals surface area contributed by atoms with Gasteiger partial charge in [-0.2, -0.15) is 0 Å². The van der Waals surface area contributed by atoms with Crippen molar-refractivity contribution in [3.8, 4) is 0 Å². The van der Waals surface area contributed by atoms with E-state index in [-0.39, 0.29) is 30.4 Å². The third kappa shape index (κ3) is 5.37. The third-order valence-corrected chi connectivity index (χ3v) is 4.43. The molecule has 1 aliphatic rings. The zero-order valence-corrected chi connectivity index (χ0v) is 14.5. The van der Waals surface area contributed by atoms with Crippen molar-refractivity contribution >= 4 is 11.7 Å². The summed E-state index contributed by atoms with van der Waals surface area (Å²) in [6, 6.07) is 4.92. The molecular formula is C18H28FN3O2. The fourth-order valence-corrected chi connectivity index (χ4v) is 3.00. The summed E-state index contributed by atoms with van der Waals surface area (Å²) < 4.78 is 14.1. The van der Waals surface area contributed by atoms with E-state index < -0.39 is 0 Å². The van der Waals surface area contributed by atoms with Gasteiger partial charge in [-0.05, 0) is 49.8 Å². The van der Waals surface area contributed by atoms with E-state index in [4.69, 9.17) is 5.11 Å². The molecule has 0 aliphatic carbocycles. The van der Waals surface area contributed by atoms with E-state index in [0.717, 1.165) is 24.9 Å². The molecule has 3 N–H and O–H groups in total. The van der Waals surface area contributed by atoms with Crippen LogP contribution in [-0.2, 0) is 0 Å². The van der Waals surface area contributed by atoms with Crippen molar-refractivity contribution in [2.75, 3.05) is 31.1 Å². The molecule has 24 heavy (non-hydrogen) atoms. The van der Waals surface area contributed by atoms with Gasteiger partial charge in [-0.25, -0.2) is 9.18 Å². The summed E-state index contributed by atoms with van der Waals surface area (Å²) in [5.74, 6) is 0.0218. The van der Waals surface area contributed by atoms with Crippen LogP contribution >= 0.6 is 0 Å². The van der Waals surface area contributed by atoms with E-state index in [1.807, 2.05) is 24.8 Å². The Morgan fingerprint density at radius 2 is 2.29 bits per heavy atom. The minimum atomic E-state index is -0.219. The van der Waals surface area contributed by atoms with E-state index in [2.05, 4.69) is 10.6 Å². The molecular weight excluding hydrogens is 309 g/mol. The summed E-state index contributed by atoms with van der Waals surface area (Å²) in [5, 5.41) is 14.7. The summed E-state index contributed by atoms with van der Waals surface area (Å²) in [6.07, 6.45) is 2.48. The van der Waals surface area contributed by atoms with E-state index in [1.165, 1.54) is 6.07 Å². The van der Waals surface area contributed by atoms with E-state index >= 15 is 0 Å². The van der Waals surface area contributed by atoms with Gasteiger partial charge in [0.15, 0.2) is 0 Å². The molecule has 0 aromatic heterocycles. The zero-order chi connectivity index (χ0) is 17.5. The Kier molecular flexibility index (Phi) is 6.85. The number of hydrogen-bond acceptors (Lipinski definition) is 3. The van der Waals surface area contributed by atoms with Gasteiger partial charge in [0.2, 0.25) is 0 Å². The number of nitrogens with one attached hydrogen (secondary N) is 2. The maximum absolute atomic E-state index is 14.1. The summed E-state index contributed by atoms with van der Waals surface area (Å²) in [4.78, 5) is 14.0. The Morgan fingerprint density at radius 3 is 3.04 bits per heavy atom. The van der Waals surface area contributed by atoms with Crippen molar-refractivity contribution < 1.29 is 14.3 Å². The van der Waals surface area contributed by atoms with E-state index in [1.54, 1.807) is 6.07 Å². The second kappa shape index (κ2) is 8.87. The Morgan fingerprint density at radius 1 is 1.50 bits per heavy atom. The molecule has 6 heteroatoms. The SMILES string of the molecule is Cc1ccc(F)c(N2CCCC(NC(=O)NCC(C)CCO)C2)c1. The number of piperidine rings is 1. The van der Waals surface area contributed by atoms with Gasteiger partial charge in [0.05, 0.1) is 5.69 Å². The second-order valence-corrected chi connectivity index (χ2v) is 6.71. The Hall–Kier alpha value is -1.82. The molecule has 1 heterocycles. The molecule has 1 aliphatic heterocycles. The van der Waals surface area contributed by atoms with E-state index in [0.29, 0.717) is 25.2 Å². The number of anilines is 1. The normalized spacial score (nSPS) is 19.0. The van der Waals surface area contributed by atoms with Crippen LogP contribution in [0.15, 0.2) is 18.2 Å². The number of aliphatic hydroxyl groups is 1. The second-order valence-electron chi connectivity index (χ2n) is 6.71. The minimum Gasteiger partial charge on any atom is -0.396 e. The predicted octanol–water partition coefficient (Wildman–Crippen LogP) is 2.42. The smallest absolute Gasteiger partial charge is 0.315 e. The number of amides is 2. The van der Waals surface area contributed by atoms with Crippen molar-refractivity contribution in [3.63, 3.8) is 0 Å². The lowest BCUT2D eigenvalue weighted by Gasteiger charge is -2.35. The average Bonchev–Trinajstić information content (AvgIpc) is 2.56. The fourth-order valence-electron chi connectivity index (χ4n) is 3.00. The first-order chi connectivity index (χ1) is 11.5. The molecule has 0 radical (unpaired) electrons. The number of carbonyl (C=O) groups excluding carboxylic acids is 1. The highest BCUT2D eigenvalue weighted by Crippen LogP contribution is 2.24. The lowest BCUT2D eigenvalue weighted by molar-refractivity contribution is 0.229. The van der Waals surface area contributed by atoms with E-state index in [9.17, 15) is 9.18 Å². The predicted molar refractivity (Wildman–Crippen MR) is 93.8 cm³/mol. The number of benzene rings is 1. The molecule has 0 bridgehead atoms. The minimum absolute atomic E-state index is 0.00631. The van der Waals surface area contributed by atoms with Gasteiger partial charge < -0.3 is 20.6 Å². The van der Waals surface area contributed by atoms with Gasteiger partial charge in [-0.3, -0.25) is 0 Å². The molecule has 1 saturated heterocycles. The number of rotatable bonds is 6. The first kappa shape index (κ1) is 18.5. The Balaban J connectivity index is 1.86. The highest BCUT2D eigenvalue weighted by atomic mass is 19.1. The van der Waals surface area contributed by atoms with Crippen LogP contribution in [0.5, 0.6) is 0 Å². The monoisotopic (exact) mass is 337 g/mol. The van der Waals surface area contributed by atoms with Crippen LogP contribution in [0.1, 0.15) is 31.7 Å². The van der Waals surface area contributed by atoms with Crippen molar-refractivity contribution in [2.45, 2.75) is 39.2 Å². The molecule has 0 spiro atoms. The van der Waals surface area contributed by atoms with Gasteiger partial charge in [-0.1, -0.05) is 13.0 Å². The molecule has 0 saturated carbocycles. The molecule has 1 fully saturated rings. The molecule has 1 aromatic carbocycles. The maximum atomic E-state index is 14.1. The molecule has 2 unspecified atom stereocenters. The third-order valence-electron chi connectivity index (χ3n) is 4.43. The zero-order valence-electron chi connectivity index (χ0n) is 14.5. The molecule has 134 valence electrons. The summed E-state index contributed by atoms with van der Waals surface area (Å²) >= 11 is 0. The lowest BCUT2D eigenvalue weighted by Crippen LogP contribution is -2.51. The van der Waals surface area contributed by atoms with Crippen molar-refractivity contribution in [3.05, 3.63) is 29.6 Å². The number of aryl methyl sites for hydroxylation is 1. The molecule has 2 atom stereocenters. The molecule has 1 aromatic rings. The number of aliphatic hydroxyl groups excluding tert-OH is 1. The molecule has 2 rings (SSSR count). The van der Waals surface area contributed by atoms with Crippen LogP contribution in [0.3, 0.4) is 0 Å². The molecule has 2 amide bonds. The first-order valence-electron chi connectivity index (χ1n) is 8.66. The summed E-state index contributed by atoms with van der Waals surface area (Å²) in [6.45, 7) is 6.01. The van der Waals surface area contributed by atoms with Crippen LogP contribution in [0.4, 0.5) is 14.9 Å².